The summed E-state index contributed by atoms with van der Waals surface area (Å²) in [6.45, 7) is 8.29. The monoisotopic (exact) mass is 223 g/mol. The van der Waals surface area contributed by atoms with E-state index >= 15 is 0 Å². The van der Waals surface area contributed by atoms with Gasteiger partial charge in [0.2, 0.25) is 5.90 Å². The largest absolute Gasteiger partial charge is 0.395 e. The molecule has 0 radical (unpaired) electrons. The first-order valence-electron chi connectivity index (χ1n) is 6.01. The Morgan fingerprint density at radius 3 is 2.56 bits per heavy atom. The number of aliphatic imine (C=N–C) groups is 1. The van der Waals surface area contributed by atoms with Crippen molar-refractivity contribution in [1.29, 1.82) is 0 Å². The molecule has 1 aliphatic heterocycles. The van der Waals surface area contributed by atoms with Crippen molar-refractivity contribution in [3.63, 3.8) is 0 Å². The first kappa shape index (κ1) is 11.6. The third-order valence-electron chi connectivity index (χ3n) is 3.68. The number of nitrogens with two attached hydrogens (primary N) is 1. The molecular weight excluding hydrogens is 202 g/mol. The van der Waals surface area contributed by atoms with Crippen LogP contribution in [0, 0.1) is 11.3 Å². The highest BCUT2D eigenvalue weighted by molar-refractivity contribution is 5.85. The maximum absolute atomic E-state index is 5.29. The molecule has 0 aromatic rings. The van der Waals surface area contributed by atoms with E-state index < -0.39 is 0 Å². The first-order chi connectivity index (χ1) is 7.65. The Bertz CT molecular complexity index is 301. The molecule has 90 valence electrons. The number of hydrogen-bond acceptors (Lipinski definition) is 4. The van der Waals surface area contributed by atoms with Gasteiger partial charge in [0.25, 0.3) is 0 Å². The Labute approximate surface area is 96.9 Å². The maximum Gasteiger partial charge on any atom is 0.219 e. The minimum atomic E-state index is 0.0740. The molecule has 4 heteroatoms. The highest BCUT2D eigenvalue weighted by Gasteiger charge is 2.44. The summed E-state index contributed by atoms with van der Waals surface area (Å²) in [6, 6.07) is 0. The average molecular weight is 223 g/mol. The molecule has 0 amide bonds. The number of piperidine rings is 1. The molecule has 0 bridgehead atoms. The second-order valence-corrected chi connectivity index (χ2v) is 5.11. The molecule has 2 fully saturated rings. The lowest BCUT2D eigenvalue weighted by atomic mass is 9.95. The van der Waals surface area contributed by atoms with E-state index in [0.717, 1.165) is 44.5 Å². The van der Waals surface area contributed by atoms with Crippen LogP contribution in [0.25, 0.3) is 0 Å². The quantitative estimate of drug-likeness (QED) is 0.434. The van der Waals surface area contributed by atoms with Gasteiger partial charge in [-0.2, -0.15) is 5.90 Å². The maximum atomic E-state index is 5.29. The van der Waals surface area contributed by atoms with Gasteiger partial charge in [0.05, 0.1) is 0 Å². The van der Waals surface area contributed by atoms with E-state index in [2.05, 4.69) is 23.8 Å². The summed E-state index contributed by atoms with van der Waals surface area (Å²) in [5.74, 6) is 6.44. The van der Waals surface area contributed by atoms with Gasteiger partial charge in [-0.25, -0.2) is 4.99 Å². The van der Waals surface area contributed by atoms with Crippen LogP contribution in [-0.2, 0) is 4.84 Å². The lowest BCUT2D eigenvalue weighted by Crippen LogP contribution is -2.29. The molecule has 2 rings (SSSR count). The molecule has 1 aliphatic carbocycles. The average Bonchev–Trinajstić information content (AvgIpc) is 3.06. The van der Waals surface area contributed by atoms with E-state index in [-0.39, 0.29) is 5.41 Å². The molecule has 2 aliphatic rings. The number of nitrogens with zero attached hydrogens (tertiary/aromatic N) is 1. The van der Waals surface area contributed by atoms with Crippen LogP contribution < -0.4 is 11.2 Å². The third kappa shape index (κ3) is 2.44. The van der Waals surface area contributed by atoms with E-state index in [1.54, 1.807) is 0 Å². The molecule has 16 heavy (non-hydrogen) atoms. The van der Waals surface area contributed by atoms with E-state index in [4.69, 9.17) is 10.7 Å². The fraction of sp³-hybridized carbons (Fsp3) is 0.750. The van der Waals surface area contributed by atoms with Gasteiger partial charge >= 0.3 is 0 Å². The topological polar surface area (TPSA) is 59.6 Å². The van der Waals surface area contributed by atoms with Crippen molar-refractivity contribution in [1.82, 2.24) is 5.32 Å². The molecule has 0 atom stereocenters. The van der Waals surface area contributed by atoms with Crippen molar-refractivity contribution in [2.75, 3.05) is 13.1 Å². The first-order valence-corrected chi connectivity index (χ1v) is 6.01. The van der Waals surface area contributed by atoms with Crippen LogP contribution in [0.2, 0.25) is 0 Å². The minimum absolute atomic E-state index is 0.0740. The summed E-state index contributed by atoms with van der Waals surface area (Å²) in [7, 11) is 0. The van der Waals surface area contributed by atoms with Gasteiger partial charge in [0.1, 0.15) is 0 Å². The lowest BCUT2D eigenvalue weighted by molar-refractivity contribution is 0.290. The molecule has 0 aromatic heterocycles. The van der Waals surface area contributed by atoms with Crippen LogP contribution in [0.5, 0.6) is 0 Å². The number of allylic oxidation sites excluding steroid dienone is 1. The summed E-state index contributed by atoms with van der Waals surface area (Å²) in [4.78, 5) is 9.41. The Morgan fingerprint density at radius 2 is 2.06 bits per heavy atom. The molecular formula is C12H21N3O. The van der Waals surface area contributed by atoms with Gasteiger partial charge in [-0.15, -0.1) is 0 Å². The minimum Gasteiger partial charge on any atom is -0.395 e. The van der Waals surface area contributed by atoms with E-state index in [9.17, 15) is 0 Å². The lowest BCUT2D eigenvalue weighted by Gasteiger charge is -2.23. The summed E-state index contributed by atoms with van der Waals surface area (Å²) >= 11 is 0. The molecule has 4 nitrogen and oxygen atoms in total. The highest BCUT2D eigenvalue weighted by atomic mass is 16.6. The van der Waals surface area contributed by atoms with Gasteiger partial charge in [-0.3, -0.25) is 0 Å². The zero-order chi connectivity index (χ0) is 11.6. The summed E-state index contributed by atoms with van der Waals surface area (Å²) in [5, 5.41) is 3.33. The van der Waals surface area contributed by atoms with Gasteiger partial charge in [-0.1, -0.05) is 13.5 Å². The van der Waals surface area contributed by atoms with Crippen LogP contribution in [0.3, 0.4) is 0 Å². The zero-order valence-corrected chi connectivity index (χ0v) is 9.96. The predicted molar refractivity (Wildman–Crippen MR) is 64.8 cm³/mol. The molecule has 3 N–H and O–H groups in total. The van der Waals surface area contributed by atoms with Crippen molar-refractivity contribution < 1.29 is 4.84 Å². The molecule has 0 unspecified atom stereocenters. The normalized spacial score (nSPS) is 25.2. The van der Waals surface area contributed by atoms with Crippen molar-refractivity contribution in [3.05, 3.63) is 12.3 Å². The number of hydrogen-bond donors (Lipinski definition) is 2. The van der Waals surface area contributed by atoms with Crippen LogP contribution in [0.4, 0.5) is 0 Å². The molecule has 1 saturated heterocycles. The molecule has 0 spiro atoms. The second-order valence-electron chi connectivity index (χ2n) is 5.11. The SMILES string of the molecule is C=C(N=C(ON)C1(C)CC1)C1CCNCC1. The fourth-order valence-electron chi connectivity index (χ4n) is 2.08. The van der Waals surface area contributed by atoms with Crippen molar-refractivity contribution in [2.24, 2.45) is 22.2 Å². The van der Waals surface area contributed by atoms with E-state index in [1.807, 2.05) is 0 Å². The summed E-state index contributed by atoms with van der Waals surface area (Å²) < 4.78 is 0. The van der Waals surface area contributed by atoms with Crippen LogP contribution in [0.15, 0.2) is 17.3 Å². The van der Waals surface area contributed by atoms with E-state index in [0.29, 0.717) is 11.8 Å². The second kappa shape index (κ2) is 4.55. The van der Waals surface area contributed by atoms with Crippen molar-refractivity contribution in [3.8, 4) is 0 Å². The number of nitrogens with one attached hydrogen (secondary N) is 1. The fourth-order valence-corrected chi connectivity index (χ4v) is 2.08. The summed E-state index contributed by atoms with van der Waals surface area (Å²) in [6.07, 6.45) is 4.44. The smallest absolute Gasteiger partial charge is 0.219 e. The van der Waals surface area contributed by atoms with E-state index in [1.165, 1.54) is 0 Å². The van der Waals surface area contributed by atoms with Crippen molar-refractivity contribution in [2.45, 2.75) is 32.6 Å². The predicted octanol–water partition coefficient (Wildman–Crippen LogP) is 1.59. The standard InChI is InChI=1S/C12H21N3O/c1-9(10-3-7-14-8-4-10)15-11(16-13)12(2)5-6-12/h10,14H,1,3-8,13H2,2H3. The molecule has 0 aromatic carbocycles. The third-order valence-corrected chi connectivity index (χ3v) is 3.68. The Kier molecular flexibility index (Phi) is 3.30. The Morgan fingerprint density at radius 1 is 1.44 bits per heavy atom. The molecule has 1 saturated carbocycles. The van der Waals surface area contributed by atoms with Gasteiger partial charge in [0.15, 0.2) is 0 Å². The van der Waals surface area contributed by atoms with Gasteiger partial charge < -0.3 is 10.2 Å². The van der Waals surface area contributed by atoms with Crippen LogP contribution in [0.1, 0.15) is 32.6 Å². The van der Waals surface area contributed by atoms with Crippen molar-refractivity contribution >= 4 is 5.90 Å². The molecule has 1 heterocycles. The van der Waals surface area contributed by atoms with Crippen LogP contribution >= 0.6 is 0 Å². The van der Waals surface area contributed by atoms with Gasteiger partial charge in [0, 0.05) is 17.0 Å². The highest BCUT2D eigenvalue weighted by Crippen LogP contribution is 2.46. The van der Waals surface area contributed by atoms with Crippen LogP contribution in [-0.4, -0.2) is 19.0 Å². The Hall–Kier alpha value is -0.870. The Balaban J connectivity index is 2.00. The number of rotatable bonds is 3. The summed E-state index contributed by atoms with van der Waals surface area (Å²) in [5.41, 5.74) is 1.00. The zero-order valence-electron chi connectivity index (χ0n) is 9.96. The van der Waals surface area contributed by atoms with Gasteiger partial charge in [-0.05, 0) is 38.8 Å².